The first-order valence-corrected chi connectivity index (χ1v) is 4.16. The predicted octanol–water partition coefficient (Wildman–Crippen LogP) is 0.815. The van der Waals surface area contributed by atoms with Crippen molar-refractivity contribution in [2.45, 2.75) is 0 Å². The van der Waals surface area contributed by atoms with Crippen molar-refractivity contribution >= 4 is 5.69 Å². The van der Waals surface area contributed by atoms with E-state index in [1.165, 1.54) is 23.2 Å². The van der Waals surface area contributed by atoms with Crippen molar-refractivity contribution in [3.8, 4) is 5.69 Å². The zero-order chi connectivity index (χ0) is 9.97. The van der Waals surface area contributed by atoms with Crippen molar-refractivity contribution in [2.75, 3.05) is 5.73 Å². The maximum atomic E-state index is 11.4. The normalized spacial score (nSPS) is 10.0. The second-order valence-electron chi connectivity index (χ2n) is 2.88. The fourth-order valence-electron chi connectivity index (χ4n) is 1.18. The fraction of sp³-hybridized carbons (Fsp3) is 0. The molecule has 70 valence electrons. The van der Waals surface area contributed by atoms with Crippen LogP contribution in [0.3, 0.4) is 0 Å². The zero-order valence-corrected chi connectivity index (χ0v) is 7.42. The number of rotatable bonds is 1. The minimum absolute atomic E-state index is 0.107. The minimum Gasteiger partial charge on any atom is -0.399 e. The highest BCUT2D eigenvalue weighted by Crippen LogP contribution is 2.07. The Hall–Kier alpha value is -2.10. The number of aromatic nitrogens is 2. The lowest BCUT2D eigenvalue weighted by molar-refractivity contribution is 0.936. The summed E-state index contributed by atoms with van der Waals surface area (Å²) in [6.45, 7) is 0. The molecule has 1 aromatic carbocycles. The Balaban J connectivity index is 2.56. The van der Waals surface area contributed by atoms with Gasteiger partial charge in [0.25, 0.3) is 5.56 Å². The summed E-state index contributed by atoms with van der Waals surface area (Å²) in [6.07, 6.45) is 2.95. The van der Waals surface area contributed by atoms with Crippen molar-refractivity contribution in [2.24, 2.45) is 0 Å². The molecule has 2 aromatic rings. The molecule has 0 unspecified atom stereocenters. The van der Waals surface area contributed by atoms with E-state index in [1.54, 1.807) is 24.3 Å². The summed E-state index contributed by atoms with van der Waals surface area (Å²) >= 11 is 0. The molecule has 0 spiro atoms. The van der Waals surface area contributed by atoms with E-state index in [-0.39, 0.29) is 5.56 Å². The molecule has 0 bridgehead atoms. The Bertz CT molecular complexity index is 487. The van der Waals surface area contributed by atoms with Gasteiger partial charge in [-0.05, 0) is 24.3 Å². The molecule has 0 fully saturated rings. The first-order valence-electron chi connectivity index (χ1n) is 4.16. The monoisotopic (exact) mass is 187 g/mol. The smallest absolute Gasteiger partial charge is 0.257 e. The number of nitrogen functional groups attached to an aromatic ring is 1. The third kappa shape index (κ3) is 1.50. The molecule has 14 heavy (non-hydrogen) atoms. The van der Waals surface area contributed by atoms with Gasteiger partial charge in [-0.2, -0.15) is 0 Å². The van der Waals surface area contributed by atoms with Gasteiger partial charge < -0.3 is 5.73 Å². The fourth-order valence-corrected chi connectivity index (χ4v) is 1.18. The van der Waals surface area contributed by atoms with Gasteiger partial charge >= 0.3 is 0 Å². The molecule has 2 N–H and O–H groups in total. The van der Waals surface area contributed by atoms with Gasteiger partial charge in [0, 0.05) is 18.0 Å². The van der Waals surface area contributed by atoms with Crippen LogP contribution in [0.15, 0.2) is 47.7 Å². The largest absolute Gasteiger partial charge is 0.399 e. The second kappa shape index (κ2) is 3.33. The van der Waals surface area contributed by atoms with Crippen molar-refractivity contribution in [3.05, 3.63) is 53.2 Å². The molecule has 0 radical (unpaired) electrons. The Morgan fingerprint density at radius 1 is 1.14 bits per heavy atom. The van der Waals surface area contributed by atoms with Crippen LogP contribution in [0.1, 0.15) is 0 Å². The van der Waals surface area contributed by atoms with Crippen molar-refractivity contribution in [1.82, 2.24) is 9.55 Å². The Kier molecular flexibility index (Phi) is 2.02. The maximum Gasteiger partial charge on any atom is 0.257 e. The van der Waals surface area contributed by atoms with Crippen LogP contribution in [0, 0.1) is 0 Å². The number of nitrogens with two attached hydrogens (primary N) is 1. The van der Waals surface area contributed by atoms with E-state index in [9.17, 15) is 4.79 Å². The molecule has 1 aromatic heterocycles. The maximum absolute atomic E-state index is 11.4. The summed E-state index contributed by atoms with van der Waals surface area (Å²) in [5, 5.41) is 0. The molecule has 4 nitrogen and oxygen atoms in total. The van der Waals surface area contributed by atoms with E-state index in [0.717, 1.165) is 5.69 Å². The summed E-state index contributed by atoms with van der Waals surface area (Å²) in [5.74, 6) is 0. The second-order valence-corrected chi connectivity index (χ2v) is 2.88. The van der Waals surface area contributed by atoms with Crippen LogP contribution in [0.4, 0.5) is 5.69 Å². The van der Waals surface area contributed by atoms with Crippen LogP contribution >= 0.6 is 0 Å². The molecule has 0 saturated heterocycles. The first-order chi connectivity index (χ1) is 6.77. The number of anilines is 1. The summed E-state index contributed by atoms with van der Waals surface area (Å²) in [4.78, 5) is 15.3. The summed E-state index contributed by atoms with van der Waals surface area (Å²) in [7, 11) is 0. The standard InChI is InChI=1S/C10H9N3O/c11-8-1-3-9(4-2-8)13-7-12-6-5-10(13)14/h1-7H,11H2. The van der Waals surface area contributed by atoms with Crippen LogP contribution < -0.4 is 11.3 Å². The van der Waals surface area contributed by atoms with Crippen molar-refractivity contribution in [1.29, 1.82) is 0 Å². The number of nitrogens with zero attached hydrogens (tertiary/aromatic N) is 2. The summed E-state index contributed by atoms with van der Waals surface area (Å²) in [5.41, 5.74) is 6.87. The molecule has 0 aliphatic carbocycles. The van der Waals surface area contributed by atoms with Gasteiger partial charge in [0.05, 0.1) is 5.69 Å². The first kappa shape index (κ1) is 8.50. The van der Waals surface area contributed by atoms with Gasteiger partial charge in [-0.15, -0.1) is 0 Å². The third-order valence-corrected chi connectivity index (χ3v) is 1.89. The minimum atomic E-state index is -0.107. The van der Waals surface area contributed by atoms with Crippen LogP contribution in [0.25, 0.3) is 5.69 Å². The van der Waals surface area contributed by atoms with Crippen LogP contribution in [-0.2, 0) is 0 Å². The van der Waals surface area contributed by atoms with E-state index >= 15 is 0 Å². The number of hydrogen-bond donors (Lipinski definition) is 1. The topological polar surface area (TPSA) is 60.9 Å². The lowest BCUT2D eigenvalue weighted by Crippen LogP contribution is -2.16. The third-order valence-electron chi connectivity index (χ3n) is 1.89. The summed E-state index contributed by atoms with van der Waals surface area (Å²) in [6, 6.07) is 8.46. The van der Waals surface area contributed by atoms with Gasteiger partial charge in [0.15, 0.2) is 0 Å². The van der Waals surface area contributed by atoms with E-state index in [4.69, 9.17) is 5.73 Å². The van der Waals surface area contributed by atoms with Gasteiger partial charge in [-0.1, -0.05) is 0 Å². The van der Waals surface area contributed by atoms with E-state index in [2.05, 4.69) is 4.98 Å². The lowest BCUT2D eigenvalue weighted by atomic mass is 10.3. The quantitative estimate of drug-likeness (QED) is 0.672. The lowest BCUT2D eigenvalue weighted by Gasteiger charge is -2.03. The molecule has 0 amide bonds. The highest BCUT2D eigenvalue weighted by molar-refractivity contribution is 5.44. The van der Waals surface area contributed by atoms with Crippen molar-refractivity contribution < 1.29 is 0 Å². The molecular formula is C10H9N3O. The number of benzene rings is 1. The summed E-state index contributed by atoms with van der Waals surface area (Å²) < 4.78 is 1.46. The van der Waals surface area contributed by atoms with E-state index < -0.39 is 0 Å². The molecule has 0 atom stereocenters. The van der Waals surface area contributed by atoms with Gasteiger partial charge in [0.1, 0.15) is 6.33 Å². The zero-order valence-electron chi connectivity index (χ0n) is 7.42. The Labute approximate surface area is 80.6 Å². The molecule has 1 heterocycles. The highest BCUT2D eigenvalue weighted by atomic mass is 16.1. The van der Waals surface area contributed by atoms with E-state index in [0.29, 0.717) is 5.69 Å². The van der Waals surface area contributed by atoms with Gasteiger partial charge in [-0.3, -0.25) is 9.36 Å². The highest BCUT2D eigenvalue weighted by Gasteiger charge is 1.97. The van der Waals surface area contributed by atoms with Gasteiger partial charge in [-0.25, -0.2) is 4.98 Å². The average Bonchev–Trinajstić information content (AvgIpc) is 2.20. The Morgan fingerprint density at radius 2 is 1.86 bits per heavy atom. The molecule has 0 saturated carbocycles. The SMILES string of the molecule is Nc1ccc(-n2cnccc2=O)cc1. The Morgan fingerprint density at radius 3 is 2.50 bits per heavy atom. The molecule has 2 rings (SSSR count). The molecular weight excluding hydrogens is 178 g/mol. The van der Waals surface area contributed by atoms with E-state index in [1.807, 2.05) is 0 Å². The van der Waals surface area contributed by atoms with Crippen LogP contribution in [0.2, 0.25) is 0 Å². The number of hydrogen-bond acceptors (Lipinski definition) is 3. The molecule has 0 aliphatic heterocycles. The van der Waals surface area contributed by atoms with Gasteiger partial charge in [0.2, 0.25) is 0 Å². The average molecular weight is 187 g/mol. The van der Waals surface area contributed by atoms with Crippen LogP contribution in [0.5, 0.6) is 0 Å². The predicted molar refractivity (Wildman–Crippen MR) is 54.2 cm³/mol. The van der Waals surface area contributed by atoms with Crippen molar-refractivity contribution in [3.63, 3.8) is 0 Å². The molecule has 0 aliphatic rings. The molecule has 4 heteroatoms. The van der Waals surface area contributed by atoms with Crippen LogP contribution in [-0.4, -0.2) is 9.55 Å².